The topological polar surface area (TPSA) is 50.7 Å². The van der Waals surface area contributed by atoms with E-state index in [0.29, 0.717) is 15.8 Å². The molecule has 0 aromatic heterocycles. The van der Waals surface area contributed by atoms with Gasteiger partial charge in [0.05, 0.1) is 10.7 Å². The van der Waals surface area contributed by atoms with Gasteiger partial charge in [-0.3, -0.25) is 4.79 Å². The fourth-order valence-corrected chi connectivity index (χ4v) is 2.49. The van der Waals surface area contributed by atoms with Crippen molar-refractivity contribution in [3.05, 3.63) is 64.1 Å². The lowest BCUT2D eigenvalue weighted by Gasteiger charge is -2.09. The molecule has 126 valence electrons. The van der Waals surface area contributed by atoms with Crippen LogP contribution in [0.4, 0.5) is 0 Å². The molecule has 0 spiro atoms. The first-order valence-corrected chi connectivity index (χ1v) is 8.34. The van der Waals surface area contributed by atoms with E-state index in [4.69, 9.17) is 27.9 Å². The number of halogens is 2. The third-order valence-corrected chi connectivity index (χ3v) is 3.69. The molecule has 0 fully saturated rings. The Morgan fingerprint density at radius 1 is 1.17 bits per heavy atom. The molecule has 0 saturated heterocycles. The van der Waals surface area contributed by atoms with E-state index in [1.165, 1.54) is 0 Å². The van der Waals surface area contributed by atoms with Gasteiger partial charge >= 0.3 is 0 Å². The van der Waals surface area contributed by atoms with Crippen molar-refractivity contribution in [3.8, 4) is 5.75 Å². The maximum absolute atomic E-state index is 11.9. The van der Waals surface area contributed by atoms with E-state index in [-0.39, 0.29) is 12.5 Å². The minimum Gasteiger partial charge on any atom is -0.482 e. The minimum absolute atomic E-state index is 0.182. The molecule has 6 heteroatoms. The summed E-state index contributed by atoms with van der Waals surface area (Å²) in [7, 11) is 0. The second-order valence-corrected chi connectivity index (χ2v) is 5.92. The van der Waals surface area contributed by atoms with Crippen LogP contribution in [0.2, 0.25) is 10.0 Å². The van der Waals surface area contributed by atoms with Crippen molar-refractivity contribution in [1.29, 1.82) is 0 Å². The predicted octanol–water partition coefficient (Wildman–Crippen LogP) is 4.69. The molecule has 0 saturated carbocycles. The maximum Gasteiger partial charge on any atom is 0.277 e. The Labute approximate surface area is 151 Å². The van der Waals surface area contributed by atoms with Crippen molar-refractivity contribution in [1.82, 2.24) is 5.43 Å². The summed E-state index contributed by atoms with van der Waals surface area (Å²) in [6.45, 7) is 1.88. The van der Waals surface area contributed by atoms with Crippen molar-refractivity contribution < 1.29 is 9.53 Å². The summed E-state index contributed by atoms with van der Waals surface area (Å²) in [5.41, 5.74) is 4.34. The number of ether oxygens (including phenoxy) is 1. The molecular weight excluding hydrogens is 347 g/mol. The Bertz CT molecular complexity index is 718. The van der Waals surface area contributed by atoms with Crippen molar-refractivity contribution in [2.45, 2.75) is 19.8 Å². The number of nitrogens with zero attached hydrogens (tertiary/aromatic N) is 1. The van der Waals surface area contributed by atoms with Gasteiger partial charge in [-0.15, -0.1) is 0 Å². The smallest absolute Gasteiger partial charge is 0.277 e. The standard InChI is InChI=1S/C18H18Cl2N2O2/c1-2-6-16(13-7-4-3-5-8-13)21-22-18(23)12-24-17-10-9-14(19)11-15(17)20/h3-5,7-11H,2,6,12H2,1H3,(H,22,23)/b21-16+. The van der Waals surface area contributed by atoms with Crippen LogP contribution < -0.4 is 10.2 Å². The zero-order valence-electron chi connectivity index (χ0n) is 13.3. The first kappa shape index (κ1) is 18.3. The molecule has 0 atom stereocenters. The highest BCUT2D eigenvalue weighted by Gasteiger charge is 2.07. The van der Waals surface area contributed by atoms with Crippen LogP contribution in [0.15, 0.2) is 53.6 Å². The first-order chi connectivity index (χ1) is 11.6. The van der Waals surface area contributed by atoms with Crippen LogP contribution in [-0.2, 0) is 4.79 Å². The number of carbonyl (C=O) groups excluding carboxylic acids is 1. The molecule has 0 aliphatic heterocycles. The molecule has 0 heterocycles. The fourth-order valence-electron chi connectivity index (χ4n) is 2.03. The summed E-state index contributed by atoms with van der Waals surface area (Å²) in [4.78, 5) is 11.9. The summed E-state index contributed by atoms with van der Waals surface area (Å²) < 4.78 is 5.38. The monoisotopic (exact) mass is 364 g/mol. The molecule has 0 aliphatic carbocycles. The Morgan fingerprint density at radius 3 is 2.58 bits per heavy atom. The molecule has 0 radical (unpaired) electrons. The molecule has 0 unspecified atom stereocenters. The number of carbonyl (C=O) groups is 1. The molecule has 1 N–H and O–H groups in total. The number of hydrogen-bond acceptors (Lipinski definition) is 3. The van der Waals surface area contributed by atoms with Crippen molar-refractivity contribution >= 4 is 34.8 Å². The zero-order chi connectivity index (χ0) is 17.4. The Kier molecular flexibility index (Phi) is 7.09. The van der Waals surface area contributed by atoms with E-state index in [2.05, 4.69) is 17.5 Å². The van der Waals surface area contributed by atoms with Gasteiger partial charge in [0.25, 0.3) is 5.91 Å². The third-order valence-electron chi connectivity index (χ3n) is 3.16. The van der Waals surface area contributed by atoms with Gasteiger partial charge in [-0.05, 0) is 30.2 Å². The summed E-state index contributed by atoms with van der Waals surface area (Å²) in [6.07, 6.45) is 1.70. The zero-order valence-corrected chi connectivity index (χ0v) is 14.8. The number of benzene rings is 2. The van der Waals surface area contributed by atoms with E-state index in [0.717, 1.165) is 24.1 Å². The second kappa shape index (κ2) is 9.30. The number of hydrazone groups is 1. The molecule has 0 bridgehead atoms. The minimum atomic E-state index is -0.356. The lowest BCUT2D eigenvalue weighted by molar-refractivity contribution is -0.123. The molecule has 2 aromatic rings. The second-order valence-electron chi connectivity index (χ2n) is 5.07. The lowest BCUT2D eigenvalue weighted by Crippen LogP contribution is -2.26. The van der Waals surface area contributed by atoms with Crippen LogP contribution >= 0.6 is 23.2 Å². The van der Waals surface area contributed by atoms with Gasteiger partial charge in [0.15, 0.2) is 6.61 Å². The largest absolute Gasteiger partial charge is 0.482 e. The molecule has 2 rings (SSSR count). The molecular formula is C18H18Cl2N2O2. The summed E-state index contributed by atoms with van der Waals surface area (Å²) in [5.74, 6) is 0.0441. The van der Waals surface area contributed by atoms with Crippen LogP contribution in [0, 0.1) is 0 Å². The van der Waals surface area contributed by atoms with Gasteiger partial charge in [-0.1, -0.05) is 66.9 Å². The summed E-state index contributed by atoms with van der Waals surface area (Å²) in [6, 6.07) is 14.6. The number of nitrogens with one attached hydrogen (secondary N) is 1. The Hall–Kier alpha value is -2.04. The molecule has 0 aliphatic rings. The quantitative estimate of drug-likeness (QED) is 0.572. The van der Waals surface area contributed by atoms with Crippen LogP contribution in [-0.4, -0.2) is 18.2 Å². The van der Waals surface area contributed by atoms with Gasteiger partial charge in [-0.25, -0.2) is 5.43 Å². The van der Waals surface area contributed by atoms with Crippen molar-refractivity contribution in [2.75, 3.05) is 6.61 Å². The summed E-state index contributed by atoms with van der Waals surface area (Å²) in [5, 5.41) is 5.08. The normalized spacial score (nSPS) is 11.2. The van der Waals surface area contributed by atoms with Crippen LogP contribution in [0.1, 0.15) is 25.3 Å². The van der Waals surface area contributed by atoms with Gasteiger partial charge in [-0.2, -0.15) is 5.10 Å². The third kappa shape index (κ3) is 5.55. The van der Waals surface area contributed by atoms with Crippen molar-refractivity contribution in [3.63, 3.8) is 0 Å². The van der Waals surface area contributed by atoms with Gasteiger partial charge in [0.1, 0.15) is 5.75 Å². The van der Waals surface area contributed by atoms with E-state index in [1.807, 2.05) is 30.3 Å². The Morgan fingerprint density at radius 2 is 1.92 bits per heavy atom. The highest BCUT2D eigenvalue weighted by molar-refractivity contribution is 6.35. The SMILES string of the molecule is CCC/C(=N\NC(=O)COc1ccc(Cl)cc1Cl)c1ccccc1. The number of rotatable bonds is 7. The molecule has 2 aromatic carbocycles. The highest BCUT2D eigenvalue weighted by atomic mass is 35.5. The van der Waals surface area contributed by atoms with E-state index in [1.54, 1.807) is 18.2 Å². The number of amides is 1. The van der Waals surface area contributed by atoms with E-state index >= 15 is 0 Å². The average Bonchev–Trinajstić information content (AvgIpc) is 2.58. The number of hydrogen-bond donors (Lipinski definition) is 1. The predicted molar refractivity (Wildman–Crippen MR) is 98.0 cm³/mol. The van der Waals surface area contributed by atoms with Gasteiger partial charge in [0.2, 0.25) is 0 Å². The van der Waals surface area contributed by atoms with Gasteiger partial charge < -0.3 is 4.74 Å². The van der Waals surface area contributed by atoms with Crippen LogP contribution in [0.3, 0.4) is 0 Å². The van der Waals surface area contributed by atoms with Crippen LogP contribution in [0.25, 0.3) is 0 Å². The first-order valence-electron chi connectivity index (χ1n) is 7.59. The summed E-state index contributed by atoms with van der Waals surface area (Å²) >= 11 is 11.8. The molecule has 24 heavy (non-hydrogen) atoms. The van der Waals surface area contributed by atoms with Gasteiger partial charge in [0, 0.05) is 5.02 Å². The highest BCUT2D eigenvalue weighted by Crippen LogP contribution is 2.27. The molecule has 1 amide bonds. The van der Waals surface area contributed by atoms with E-state index < -0.39 is 0 Å². The van der Waals surface area contributed by atoms with E-state index in [9.17, 15) is 4.79 Å². The maximum atomic E-state index is 11.9. The van der Waals surface area contributed by atoms with Crippen LogP contribution in [0.5, 0.6) is 5.75 Å². The molecule has 4 nitrogen and oxygen atoms in total. The fraction of sp³-hybridized carbons (Fsp3) is 0.222. The Balaban J connectivity index is 1.95. The van der Waals surface area contributed by atoms with Crippen molar-refractivity contribution in [2.24, 2.45) is 5.10 Å². The lowest BCUT2D eigenvalue weighted by atomic mass is 10.1. The average molecular weight is 365 g/mol.